The quantitative estimate of drug-likeness (QED) is 0.320. The number of amides is 1. The van der Waals surface area contributed by atoms with Gasteiger partial charge in [0.05, 0.1) is 18.6 Å². The Morgan fingerprint density at radius 3 is 2.67 bits per heavy atom. The predicted octanol–water partition coefficient (Wildman–Crippen LogP) is 3.24. The summed E-state index contributed by atoms with van der Waals surface area (Å²) >= 11 is 6.34. The lowest BCUT2D eigenvalue weighted by Crippen LogP contribution is -2.33. The summed E-state index contributed by atoms with van der Waals surface area (Å²) in [5, 5.41) is 0. The predicted molar refractivity (Wildman–Crippen MR) is 98.7 cm³/mol. The zero-order valence-electron chi connectivity index (χ0n) is 13.6. The van der Waals surface area contributed by atoms with Crippen molar-refractivity contribution < 1.29 is 19.1 Å². The topological polar surface area (TPSA) is 55.8 Å². The second kappa shape index (κ2) is 8.84. The molecule has 24 heavy (non-hydrogen) atoms. The van der Waals surface area contributed by atoms with Crippen LogP contribution in [0.4, 0.5) is 0 Å². The van der Waals surface area contributed by atoms with Crippen molar-refractivity contribution >= 4 is 46.3 Å². The summed E-state index contributed by atoms with van der Waals surface area (Å²) in [5.74, 6) is 0.0265. The second-order valence-corrected chi connectivity index (χ2v) is 6.79. The number of ether oxygens (including phenoxy) is 2. The van der Waals surface area contributed by atoms with Crippen LogP contribution in [0.1, 0.15) is 25.3 Å². The van der Waals surface area contributed by atoms with Crippen LogP contribution >= 0.6 is 24.0 Å². The molecular formula is C17H19NO4S2. The van der Waals surface area contributed by atoms with Gasteiger partial charge in [-0.05, 0) is 30.2 Å². The van der Waals surface area contributed by atoms with E-state index in [9.17, 15) is 9.59 Å². The van der Waals surface area contributed by atoms with Gasteiger partial charge in [-0.15, -0.1) is 0 Å². The Hall–Kier alpha value is -1.86. The van der Waals surface area contributed by atoms with E-state index in [-0.39, 0.29) is 12.5 Å². The van der Waals surface area contributed by atoms with Crippen LogP contribution in [0.3, 0.4) is 0 Å². The van der Waals surface area contributed by atoms with Gasteiger partial charge < -0.3 is 9.47 Å². The Morgan fingerprint density at radius 2 is 2.04 bits per heavy atom. The number of methoxy groups -OCH3 is 1. The average Bonchev–Trinajstić information content (AvgIpc) is 2.84. The zero-order chi connectivity index (χ0) is 17.5. The minimum Gasteiger partial charge on any atom is -0.494 e. The summed E-state index contributed by atoms with van der Waals surface area (Å²) in [4.78, 5) is 25.4. The van der Waals surface area contributed by atoms with Gasteiger partial charge in [-0.25, -0.2) is 0 Å². The van der Waals surface area contributed by atoms with Crippen LogP contribution in [0, 0.1) is 0 Å². The normalized spacial score (nSPS) is 15.9. The molecule has 0 saturated carbocycles. The molecule has 5 nitrogen and oxygen atoms in total. The molecular weight excluding hydrogens is 346 g/mol. The Balaban J connectivity index is 2.04. The molecule has 0 unspecified atom stereocenters. The third-order valence-electron chi connectivity index (χ3n) is 3.33. The van der Waals surface area contributed by atoms with Gasteiger partial charge in [-0.2, -0.15) is 0 Å². The van der Waals surface area contributed by atoms with E-state index in [2.05, 4.69) is 11.7 Å². The summed E-state index contributed by atoms with van der Waals surface area (Å²) in [6.45, 7) is 2.65. The molecule has 0 radical (unpaired) electrons. The lowest BCUT2D eigenvalue weighted by atomic mass is 10.2. The van der Waals surface area contributed by atoms with E-state index in [4.69, 9.17) is 17.0 Å². The van der Waals surface area contributed by atoms with Gasteiger partial charge in [0.15, 0.2) is 0 Å². The highest BCUT2D eigenvalue weighted by Gasteiger charge is 2.33. The standard InChI is InChI=1S/C17H19NO4S2/c1-3-4-9-22-13-7-5-12(6-8-13)10-14-16(20)18(17(23)24-14)11-15(19)21-2/h5-8,10H,3-4,9,11H2,1-2H3/b14-10+. The van der Waals surface area contributed by atoms with Crippen LogP contribution in [0.25, 0.3) is 6.08 Å². The highest BCUT2D eigenvalue weighted by atomic mass is 32.2. The molecule has 1 aromatic carbocycles. The first kappa shape index (κ1) is 18.5. The molecule has 1 saturated heterocycles. The molecule has 2 rings (SSSR count). The Labute approximate surface area is 151 Å². The van der Waals surface area contributed by atoms with Crippen LogP contribution in [0.2, 0.25) is 0 Å². The summed E-state index contributed by atoms with van der Waals surface area (Å²) in [5.41, 5.74) is 0.872. The summed E-state index contributed by atoms with van der Waals surface area (Å²) < 4.78 is 10.5. The molecule has 1 heterocycles. The molecule has 0 spiro atoms. The fourth-order valence-corrected chi connectivity index (χ4v) is 3.23. The number of thioether (sulfide) groups is 1. The van der Waals surface area contributed by atoms with E-state index < -0.39 is 5.97 Å². The summed E-state index contributed by atoms with van der Waals surface area (Å²) in [6.07, 6.45) is 3.86. The van der Waals surface area contributed by atoms with Gasteiger partial charge >= 0.3 is 5.97 Å². The van der Waals surface area contributed by atoms with Crippen molar-refractivity contribution in [2.24, 2.45) is 0 Å². The van der Waals surface area contributed by atoms with E-state index in [1.807, 2.05) is 24.3 Å². The first-order valence-electron chi connectivity index (χ1n) is 7.60. The monoisotopic (exact) mass is 365 g/mol. The van der Waals surface area contributed by atoms with E-state index in [0.29, 0.717) is 15.8 Å². The number of thiocarbonyl (C=S) groups is 1. The highest BCUT2D eigenvalue weighted by molar-refractivity contribution is 8.26. The lowest BCUT2D eigenvalue weighted by molar-refractivity contribution is -0.143. The maximum absolute atomic E-state index is 12.3. The van der Waals surface area contributed by atoms with Gasteiger partial charge in [0.2, 0.25) is 0 Å². The SMILES string of the molecule is CCCCOc1ccc(/C=C2/SC(=S)N(CC(=O)OC)C2=O)cc1. The van der Waals surface area contributed by atoms with Crippen LogP contribution < -0.4 is 4.74 Å². The van der Waals surface area contributed by atoms with Crippen LogP contribution in [0.5, 0.6) is 5.75 Å². The minimum atomic E-state index is -0.499. The number of hydrogen-bond donors (Lipinski definition) is 0. The van der Waals surface area contributed by atoms with Crippen molar-refractivity contribution in [3.63, 3.8) is 0 Å². The van der Waals surface area contributed by atoms with Gasteiger partial charge in [0, 0.05) is 0 Å². The number of rotatable bonds is 7. The minimum absolute atomic E-state index is 0.164. The van der Waals surface area contributed by atoms with Gasteiger partial charge in [-0.1, -0.05) is 49.5 Å². The fraction of sp³-hybridized carbons (Fsp3) is 0.353. The Bertz CT molecular complexity index is 655. The number of carbonyl (C=O) groups excluding carboxylic acids is 2. The molecule has 0 atom stereocenters. The number of carbonyl (C=O) groups is 2. The van der Waals surface area contributed by atoms with Crippen LogP contribution in [-0.2, 0) is 14.3 Å². The van der Waals surface area contributed by atoms with E-state index in [1.54, 1.807) is 6.08 Å². The van der Waals surface area contributed by atoms with Crippen molar-refractivity contribution in [2.45, 2.75) is 19.8 Å². The number of unbranched alkanes of at least 4 members (excludes halogenated alkanes) is 1. The van der Waals surface area contributed by atoms with E-state index >= 15 is 0 Å². The van der Waals surface area contributed by atoms with Crippen LogP contribution in [-0.4, -0.2) is 41.4 Å². The molecule has 0 bridgehead atoms. The molecule has 1 fully saturated rings. The second-order valence-electron chi connectivity index (χ2n) is 5.12. The largest absolute Gasteiger partial charge is 0.494 e. The molecule has 0 aliphatic carbocycles. The number of hydrogen-bond acceptors (Lipinski definition) is 6. The zero-order valence-corrected chi connectivity index (χ0v) is 15.2. The third-order valence-corrected chi connectivity index (χ3v) is 4.71. The van der Waals surface area contributed by atoms with Crippen molar-refractivity contribution in [3.8, 4) is 5.75 Å². The van der Waals surface area contributed by atoms with E-state index in [0.717, 1.165) is 24.2 Å². The maximum atomic E-state index is 12.3. The lowest BCUT2D eigenvalue weighted by Gasteiger charge is -2.11. The van der Waals surface area contributed by atoms with Crippen molar-refractivity contribution in [3.05, 3.63) is 34.7 Å². The molecule has 128 valence electrons. The Morgan fingerprint density at radius 1 is 1.33 bits per heavy atom. The van der Waals surface area contributed by atoms with Gasteiger partial charge in [0.25, 0.3) is 5.91 Å². The Kier molecular flexibility index (Phi) is 6.81. The van der Waals surface area contributed by atoms with Crippen LogP contribution in [0.15, 0.2) is 29.2 Å². The molecule has 1 aliphatic heterocycles. The van der Waals surface area contributed by atoms with Gasteiger partial charge in [0.1, 0.15) is 16.6 Å². The summed E-state index contributed by atoms with van der Waals surface area (Å²) in [7, 11) is 1.28. The molecule has 0 aromatic heterocycles. The summed E-state index contributed by atoms with van der Waals surface area (Å²) in [6, 6.07) is 7.51. The van der Waals surface area contributed by atoms with Gasteiger partial charge in [-0.3, -0.25) is 14.5 Å². The third kappa shape index (κ3) is 4.82. The van der Waals surface area contributed by atoms with Crippen molar-refractivity contribution in [2.75, 3.05) is 20.3 Å². The molecule has 7 heteroatoms. The number of benzene rings is 1. The van der Waals surface area contributed by atoms with Crippen molar-refractivity contribution in [1.82, 2.24) is 4.90 Å². The molecule has 1 amide bonds. The smallest absolute Gasteiger partial charge is 0.325 e. The fourth-order valence-electron chi connectivity index (χ4n) is 1.98. The van der Waals surface area contributed by atoms with Crippen molar-refractivity contribution in [1.29, 1.82) is 0 Å². The molecule has 0 N–H and O–H groups in total. The average molecular weight is 365 g/mol. The van der Waals surface area contributed by atoms with E-state index in [1.165, 1.54) is 23.8 Å². The number of nitrogens with zero attached hydrogens (tertiary/aromatic N) is 1. The molecule has 1 aliphatic rings. The maximum Gasteiger partial charge on any atom is 0.325 e. The highest BCUT2D eigenvalue weighted by Crippen LogP contribution is 2.32. The first-order chi connectivity index (χ1) is 11.5. The molecule has 1 aromatic rings. The first-order valence-corrected chi connectivity index (χ1v) is 8.82. The number of esters is 1.